The summed E-state index contributed by atoms with van der Waals surface area (Å²) in [4.78, 5) is 29.0. The summed E-state index contributed by atoms with van der Waals surface area (Å²) in [5.74, 6) is 0.0181. The summed E-state index contributed by atoms with van der Waals surface area (Å²) in [7, 11) is 3.27. The number of carbonyl (C=O) groups is 1. The zero-order chi connectivity index (χ0) is 21.0. The predicted molar refractivity (Wildman–Crippen MR) is 114 cm³/mol. The van der Waals surface area contributed by atoms with Gasteiger partial charge in [-0.1, -0.05) is 23.4 Å². The van der Waals surface area contributed by atoms with E-state index in [1.165, 1.54) is 28.8 Å². The predicted octanol–water partition coefficient (Wildman–Crippen LogP) is 4.00. The molecule has 0 aliphatic carbocycles. The van der Waals surface area contributed by atoms with Crippen LogP contribution in [0, 0.1) is 10.1 Å². The number of methoxy groups -OCH3 is 1. The average Bonchev–Trinajstić information content (AvgIpc) is 3.06. The second-order valence-electron chi connectivity index (χ2n) is 6.19. The minimum absolute atomic E-state index is 0.0190. The first kappa shape index (κ1) is 21.1. The van der Waals surface area contributed by atoms with E-state index in [0.29, 0.717) is 29.0 Å². The quantitative estimate of drug-likeness (QED) is 0.302. The summed E-state index contributed by atoms with van der Waals surface area (Å²) in [6.45, 7) is 1.11. The smallest absolute Gasteiger partial charge is 0.269 e. The van der Waals surface area contributed by atoms with Gasteiger partial charge in [0.2, 0.25) is 5.91 Å². The van der Waals surface area contributed by atoms with Crippen LogP contribution in [0.4, 0.5) is 11.4 Å². The Labute approximate surface area is 176 Å². The van der Waals surface area contributed by atoms with Crippen LogP contribution in [0.3, 0.4) is 0 Å². The fourth-order valence-corrected chi connectivity index (χ4v) is 3.88. The van der Waals surface area contributed by atoms with E-state index in [1.54, 1.807) is 38.4 Å². The van der Waals surface area contributed by atoms with Gasteiger partial charge < -0.3 is 14.2 Å². The summed E-state index contributed by atoms with van der Waals surface area (Å²) < 4.78 is 7.18. The molecule has 10 heteroatoms. The molecule has 2 aromatic carbocycles. The van der Waals surface area contributed by atoms with Crippen molar-refractivity contribution >= 4 is 51.7 Å². The monoisotopic (exact) mass is 434 g/mol. The number of fused-ring (bicyclic) bond motifs is 1. The Hall–Kier alpha value is -2.62. The molecular formula is C19H19ClN4O4S. The fraction of sp³-hybridized carbons (Fsp3) is 0.263. The Bertz CT molecular complexity index is 1040. The normalized spacial score (nSPS) is 11.0. The number of nitrogens with zero attached hydrogens (tertiary/aromatic N) is 4. The van der Waals surface area contributed by atoms with Crippen molar-refractivity contribution in [1.82, 2.24) is 9.55 Å². The van der Waals surface area contributed by atoms with Gasteiger partial charge in [0.25, 0.3) is 5.69 Å². The van der Waals surface area contributed by atoms with E-state index >= 15 is 0 Å². The molecule has 0 N–H and O–H groups in total. The number of thioether (sulfide) groups is 1. The summed E-state index contributed by atoms with van der Waals surface area (Å²) in [6, 6.07) is 11.3. The topological polar surface area (TPSA) is 90.5 Å². The molecular weight excluding hydrogens is 416 g/mol. The lowest BCUT2D eigenvalue weighted by atomic mass is 10.2. The SMILES string of the molecule is COCCn1c(SCC(=O)N(C)c2ccc([N+](=O)[O-])cc2)nc2cc(Cl)ccc21. The van der Waals surface area contributed by atoms with Crippen LogP contribution >= 0.6 is 23.4 Å². The largest absolute Gasteiger partial charge is 0.383 e. The first-order chi connectivity index (χ1) is 13.9. The van der Waals surface area contributed by atoms with Gasteiger partial charge in [0.15, 0.2) is 5.16 Å². The summed E-state index contributed by atoms with van der Waals surface area (Å²) >= 11 is 7.39. The average molecular weight is 435 g/mol. The van der Waals surface area contributed by atoms with Crippen molar-refractivity contribution < 1.29 is 14.5 Å². The van der Waals surface area contributed by atoms with Crippen LogP contribution in [-0.2, 0) is 16.1 Å². The Morgan fingerprint density at radius 2 is 2.03 bits per heavy atom. The molecule has 0 atom stereocenters. The highest BCUT2D eigenvalue weighted by molar-refractivity contribution is 7.99. The highest BCUT2D eigenvalue weighted by Gasteiger charge is 2.17. The minimum Gasteiger partial charge on any atom is -0.383 e. The maximum atomic E-state index is 12.6. The van der Waals surface area contributed by atoms with Gasteiger partial charge >= 0.3 is 0 Å². The van der Waals surface area contributed by atoms with Crippen molar-refractivity contribution in [3.05, 3.63) is 57.6 Å². The number of hydrogen-bond donors (Lipinski definition) is 0. The highest BCUT2D eigenvalue weighted by atomic mass is 35.5. The Kier molecular flexibility index (Phi) is 6.73. The number of ether oxygens (including phenoxy) is 1. The van der Waals surface area contributed by atoms with Gasteiger partial charge in [0.05, 0.1) is 28.3 Å². The van der Waals surface area contributed by atoms with Crippen LogP contribution in [0.25, 0.3) is 11.0 Å². The third kappa shape index (κ3) is 4.87. The van der Waals surface area contributed by atoms with Crippen LogP contribution in [0.15, 0.2) is 47.6 Å². The van der Waals surface area contributed by atoms with Gasteiger partial charge in [-0.25, -0.2) is 4.98 Å². The number of amides is 1. The molecule has 0 fully saturated rings. The summed E-state index contributed by atoms with van der Waals surface area (Å²) in [5, 5.41) is 12.1. The van der Waals surface area contributed by atoms with Gasteiger partial charge in [-0.15, -0.1) is 0 Å². The molecule has 0 unspecified atom stereocenters. The molecule has 1 aromatic heterocycles. The number of hydrogen-bond acceptors (Lipinski definition) is 6. The van der Waals surface area contributed by atoms with Crippen molar-refractivity contribution in [3.63, 3.8) is 0 Å². The van der Waals surface area contributed by atoms with Crippen LogP contribution in [-0.4, -0.2) is 46.9 Å². The van der Waals surface area contributed by atoms with Crippen molar-refractivity contribution in [3.8, 4) is 0 Å². The van der Waals surface area contributed by atoms with Crippen LogP contribution in [0.2, 0.25) is 5.02 Å². The molecule has 0 saturated heterocycles. The van der Waals surface area contributed by atoms with Crippen LogP contribution < -0.4 is 4.90 Å². The molecule has 3 rings (SSSR count). The van der Waals surface area contributed by atoms with Crippen molar-refractivity contribution in [2.45, 2.75) is 11.7 Å². The van der Waals surface area contributed by atoms with E-state index in [2.05, 4.69) is 4.98 Å². The number of halogens is 1. The maximum absolute atomic E-state index is 12.6. The van der Waals surface area contributed by atoms with Crippen LogP contribution in [0.5, 0.6) is 0 Å². The van der Waals surface area contributed by atoms with E-state index in [9.17, 15) is 14.9 Å². The number of non-ortho nitro benzene ring substituents is 1. The molecule has 1 amide bonds. The number of anilines is 1. The number of aromatic nitrogens is 2. The lowest BCUT2D eigenvalue weighted by Crippen LogP contribution is -2.28. The lowest BCUT2D eigenvalue weighted by molar-refractivity contribution is -0.384. The minimum atomic E-state index is -0.474. The van der Waals surface area contributed by atoms with E-state index in [4.69, 9.17) is 16.3 Å². The number of nitro groups is 1. The Morgan fingerprint density at radius 3 is 2.69 bits per heavy atom. The molecule has 1 heterocycles. The molecule has 8 nitrogen and oxygen atoms in total. The van der Waals surface area contributed by atoms with E-state index in [-0.39, 0.29) is 17.3 Å². The summed E-state index contributed by atoms with van der Waals surface area (Å²) in [6.07, 6.45) is 0. The molecule has 0 spiro atoms. The third-order valence-electron chi connectivity index (χ3n) is 4.34. The second kappa shape index (κ2) is 9.25. The van der Waals surface area contributed by atoms with E-state index in [1.807, 2.05) is 10.6 Å². The van der Waals surface area contributed by atoms with Gasteiger partial charge in [0, 0.05) is 43.5 Å². The van der Waals surface area contributed by atoms with Gasteiger partial charge in [-0.3, -0.25) is 14.9 Å². The van der Waals surface area contributed by atoms with Gasteiger partial charge in [-0.05, 0) is 30.3 Å². The van der Waals surface area contributed by atoms with E-state index < -0.39 is 4.92 Å². The zero-order valence-electron chi connectivity index (χ0n) is 15.9. The first-order valence-corrected chi connectivity index (χ1v) is 10.1. The number of rotatable bonds is 8. The Balaban J connectivity index is 1.75. The number of benzene rings is 2. The van der Waals surface area contributed by atoms with E-state index in [0.717, 1.165) is 11.0 Å². The van der Waals surface area contributed by atoms with Crippen LogP contribution in [0.1, 0.15) is 0 Å². The molecule has 0 bridgehead atoms. The summed E-state index contributed by atoms with van der Waals surface area (Å²) in [5.41, 5.74) is 2.24. The van der Waals surface area contributed by atoms with Gasteiger partial charge in [0.1, 0.15) is 0 Å². The number of carbonyl (C=O) groups excluding carboxylic acids is 1. The zero-order valence-corrected chi connectivity index (χ0v) is 17.4. The first-order valence-electron chi connectivity index (χ1n) is 8.69. The molecule has 0 aliphatic rings. The maximum Gasteiger partial charge on any atom is 0.269 e. The van der Waals surface area contributed by atoms with Crippen molar-refractivity contribution in [2.24, 2.45) is 0 Å². The molecule has 0 aliphatic heterocycles. The standard InChI is InChI=1S/C19H19ClN4O4S/c1-22(14-4-6-15(7-5-14)24(26)27)18(25)12-29-19-21-16-11-13(20)3-8-17(16)23(19)9-10-28-2/h3-8,11H,9-10,12H2,1-2H3. The van der Waals surface area contributed by atoms with Gasteiger partial charge in [-0.2, -0.15) is 0 Å². The molecule has 3 aromatic rings. The second-order valence-corrected chi connectivity index (χ2v) is 7.57. The molecule has 152 valence electrons. The number of imidazole rings is 1. The molecule has 0 radical (unpaired) electrons. The number of nitro benzene ring substituents is 1. The Morgan fingerprint density at radius 1 is 1.31 bits per heavy atom. The molecule has 29 heavy (non-hydrogen) atoms. The van der Waals surface area contributed by atoms with Crippen molar-refractivity contribution in [2.75, 3.05) is 31.4 Å². The van der Waals surface area contributed by atoms with Crippen molar-refractivity contribution in [1.29, 1.82) is 0 Å². The molecule has 0 saturated carbocycles. The lowest BCUT2D eigenvalue weighted by Gasteiger charge is -2.17. The fourth-order valence-electron chi connectivity index (χ4n) is 2.75. The third-order valence-corrected chi connectivity index (χ3v) is 5.54. The highest BCUT2D eigenvalue weighted by Crippen LogP contribution is 2.27.